The van der Waals surface area contributed by atoms with E-state index in [1.54, 1.807) is 0 Å². The third-order valence-electron chi connectivity index (χ3n) is 18.4. The predicted molar refractivity (Wildman–Crippen MR) is 308 cm³/mol. The molecule has 5 aliphatic rings. The summed E-state index contributed by atoms with van der Waals surface area (Å²) >= 11 is 0. The van der Waals surface area contributed by atoms with E-state index in [0.717, 1.165) is 23.5 Å². The first-order valence-electron chi connectivity index (χ1n) is 26.7. The average Bonchev–Trinajstić information content (AvgIpc) is 3.60. The molecule has 3 nitrogen and oxygen atoms in total. The number of hydrogen-bond donors (Lipinski definition) is 0. The van der Waals surface area contributed by atoms with Gasteiger partial charge in [-0.25, -0.2) is 0 Å². The number of hydrogen-bond acceptors (Lipinski definition) is 3. The van der Waals surface area contributed by atoms with Gasteiger partial charge in [0, 0.05) is 56.5 Å². The van der Waals surface area contributed by atoms with Gasteiger partial charge in [-0.15, -0.1) is 0 Å². The largest absolute Gasteiger partial charge is 0.311 e. The number of para-hydroxylation sites is 2. The van der Waals surface area contributed by atoms with Gasteiger partial charge in [0.1, 0.15) is 0 Å². The molecule has 0 atom stereocenters. The summed E-state index contributed by atoms with van der Waals surface area (Å²) in [7, 11) is 0. The maximum atomic E-state index is 2.70. The van der Waals surface area contributed by atoms with Crippen molar-refractivity contribution in [2.75, 3.05) is 14.7 Å². The van der Waals surface area contributed by atoms with Gasteiger partial charge in [-0.3, -0.25) is 0 Å². The van der Waals surface area contributed by atoms with E-state index in [0.29, 0.717) is 0 Å². The lowest BCUT2D eigenvalue weighted by Gasteiger charge is -2.48. The molecule has 8 aromatic carbocycles. The average molecular weight is 938 g/mol. The highest BCUT2D eigenvalue weighted by atomic mass is 15.2. The van der Waals surface area contributed by atoms with Gasteiger partial charge in [-0.1, -0.05) is 160 Å². The first kappa shape index (κ1) is 45.1. The lowest BCUT2D eigenvalue weighted by Crippen LogP contribution is -2.62. The van der Waals surface area contributed by atoms with Crippen LogP contribution in [0.1, 0.15) is 134 Å². The van der Waals surface area contributed by atoms with Crippen molar-refractivity contribution in [3.05, 3.63) is 203 Å². The van der Waals surface area contributed by atoms with Gasteiger partial charge in [0.25, 0.3) is 6.71 Å². The monoisotopic (exact) mass is 938 g/mol. The summed E-state index contributed by atoms with van der Waals surface area (Å²) in [5.74, 6) is 0. The number of benzene rings is 8. The van der Waals surface area contributed by atoms with Gasteiger partial charge in [-0.2, -0.15) is 0 Å². The van der Waals surface area contributed by atoms with E-state index >= 15 is 0 Å². The summed E-state index contributed by atoms with van der Waals surface area (Å²) in [5, 5.41) is 0. The molecule has 0 radical (unpaired) electrons. The molecule has 13 rings (SSSR count). The van der Waals surface area contributed by atoms with Crippen molar-refractivity contribution in [1.29, 1.82) is 0 Å². The third kappa shape index (κ3) is 6.49. The van der Waals surface area contributed by atoms with E-state index in [1.807, 2.05) is 0 Å². The Bertz CT molecular complexity index is 3500. The Kier molecular flexibility index (Phi) is 9.63. The van der Waals surface area contributed by atoms with Crippen LogP contribution in [-0.4, -0.2) is 6.71 Å². The zero-order chi connectivity index (χ0) is 49.9. The molecular weight excluding hydrogens is 870 g/mol. The second-order valence-corrected chi connectivity index (χ2v) is 25.2. The second-order valence-electron chi connectivity index (χ2n) is 25.2. The van der Waals surface area contributed by atoms with Crippen molar-refractivity contribution in [2.24, 2.45) is 0 Å². The van der Waals surface area contributed by atoms with Gasteiger partial charge in [0.05, 0.1) is 5.69 Å². The normalized spacial score (nSPS) is 18.5. The van der Waals surface area contributed by atoms with Crippen molar-refractivity contribution in [3.63, 3.8) is 0 Å². The molecular formula is C68H68BN3. The molecule has 0 N–H and O–H groups in total. The molecule has 2 aliphatic heterocycles. The summed E-state index contributed by atoms with van der Waals surface area (Å²) in [5.41, 5.74) is 27.8. The summed E-state index contributed by atoms with van der Waals surface area (Å²) < 4.78 is 0. The molecule has 72 heavy (non-hydrogen) atoms. The van der Waals surface area contributed by atoms with Crippen molar-refractivity contribution in [3.8, 4) is 11.1 Å². The molecule has 0 saturated carbocycles. The fraction of sp³-hybridized carbons (Fsp3) is 0.294. The highest BCUT2D eigenvalue weighted by Gasteiger charge is 2.48. The molecule has 0 fully saturated rings. The Morgan fingerprint density at radius 2 is 0.931 bits per heavy atom. The van der Waals surface area contributed by atoms with E-state index < -0.39 is 0 Å². The Morgan fingerprint density at radius 1 is 0.389 bits per heavy atom. The van der Waals surface area contributed by atoms with E-state index in [4.69, 9.17) is 0 Å². The summed E-state index contributed by atoms with van der Waals surface area (Å²) in [6, 6.07) is 63.3. The van der Waals surface area contributed by atoms with Gasteiger partial charge in [-0.05, 0) is 188 Å². The van der Waals surface area contributed by atoms with E-state index in [2.05, 4.69) is 255 Å². The predicted octanol–water partition coefficient (Wildman–Crippen LogP) is 16.6. The van der Waals surface area contributed by atoms with Crippen LogP contribution >= 0.6 is 0 Å². The number of nitrogens with zero attached hydrogens (tertiary/aromatic N) is 3. The van der Waals surface area contributed by atoms with Crippen molar-refractivity contribution in [2.45, 2.75) is 129 Å². The number of aryl methyl sites for hydroxylation is 1. The van der Waals surface area contributed by atoms with Gasteiger partial charge < -0.3 is 14.7 Å². The fourth-order valence-electron chi connectivity index (χ4n) is 14.1. The molecule has 8 aromatic rings. The molecule has 0 bridgehead atoms. The standard InChI is InChI=1S/C68H68BN3/c1-43-37-60-63-61(38-43)72(57-28-20-27-51-62(57)48-25-18-19-26-49(48)68(51,10)11)58-40-47(70(44-21-14-12-15-22-44)45-23-16-13-17-24-45)30-32-55(58)69(63)56-41-53-54(67(8,9)36-35-66(53,6)7)42-59(56)71(60)46-29-31-50-52(39-46)65(4,5)34-33-64(50,2)3/h12-32,37-42H,33-36H2,1-11H3. The topological polar surface area (TPSA) is 9.72 Å². The lowest BCUT2D eigenvalue weighted by molar-refractivity contribution is 0.332. The molecule has 0 aromatic heterocycles. The molecule has 0 amide bonds. The zero-order valence-corrected chi connectivity index (χ0v) is 44.3. The Morgan fingerprint density at radius 3 is 1.58 bits per heavy atom. The smallest absolute Gasteiger partial charge is 0.252 e. The lowest BCUT2D eigenvalue weighted by atomic mass is 9.33. The quantitative estimate of drug-likeness (QED) is 0.159. The molecule has 2 heterocycles. The van der Waals surface area contributed by atoms with Gasteiger partial charge >= 0.3 is 0 Å². The van der Waals surface area contributed by atoms with Crippen LogP contribution in [0.3, 0.4) is 0 Å². The molecule has 4 heteroatoms. The van der Waals surface area contributed by atoms with Crippen LogP contribution in [0.2, 0.25) is 0 Å². The highest BCUT2D eigenvalue weighted by molar-refractivity contribution is 7.00. The van der Waals surface area contributed by atoms with Crippen LogP contribution in [-0.2, 0) is 27.1 Å². The molecule has 358 valence electrons. The summed E-state index contributed by atoms with van der Waals surface area (Å²) in [4.78, 5) is 7.81. The Balaban J connectivity index is 1.15. The van der Waals surface area contributed by atoms with Crippen LogP contribution in [0.25, 0.3) is 11.1 Å². The second kappa shape index (κ2) is 15.4. The van der Waals surface area contributed by atoms with E-state index in [-0.39, 0.29) is 33.8 Å². The van der Waals surface area contributed by atoms with Crippen molar-refractivity contribution < 1.29 is 0 Å². The maximum Gasteiger partial charge on any atom is 0.252 e. The van der Waals surface area contributed by atoms with E-state index in [9.17, 15) is 0 Å². The minimum absolute atomic E-state index is 0.0105. The number of anilines is 9. The number of rotatable bonds is 5. The molecule has 0 spiro atoms. The first-order valence-corrected chi connectivity index (χ1v) is 26.7. The number of fused-ring (bicyclic) bond motifs is 9. The van der Waals surface area contributed by atoms with Crippen LogP contribution in [0.5, 0.6) is 0 Å². The first-order chi connectivity index (χ1) is 34.4. The Hall–Kier alpha value is -6.78. The van der Waals surface area contributed by atoms with Crippen LogP contribution in [0.4, 0.5) is 51.2 Å². The van der Waals surface area contributed by atoms with Gasteiger partial charge in [0.2, 0.25) is 0 Å². The molecule has 0 unspecified atom stereocenters. The van der Waals surface area contributed by atoms with Crippen LogP contribution in [0, 0.1) is 6.92 Å². The Labute approximate surface area is 429 Å². The fourth-order valence-corrected chi connectivity index (χ4v) is 14.1. The van der Waals surface area contributed by atoms with Crippen LogP contribution < -0.4 is 31.1 Å². The molecule has 3 aliphatic carbocycles. The van der Waals surface area contributed by atoms with Crippen molar-refractivity contribution in [1.82, 2.24) is 0 Å². The van der Waals surface area contributed by atoms with Crippen molar-refractivity contribution >= 4 is 74.3 Å². The summed E-state index contributed by atoms with van der Waals surface area (Å²) in [6.07, 6.45) is 4.70. The maximum absolute atomic E-state index is 2.70. The van der Waals surface area contributed by atoms with Crippen LogP contribution in [0.15, 0.2) is 164 Å². The SMILES string of the molecule is Cc1cc2c3c(c1)N(c1cccc4c1-c1ccccc1C4(C)C)c1cc(N(c4ccccc4)c4ccccc4)ccc1B3c1cc3c(cc1N2c1ccc2c(c1)C(C)(C)CCC2(C)C)C(C)(C)CCC3(C)C. The van der Waals surface area contributed by atoms with Gasteiger partial charge in [0.15, 0.2) is 0 Å². The third-order valence-corrected chi connectivity index (χ3v) is 18.4. The highest BCUT2D eigenvalue weighted by Crippen LogP contribution is 2.57. The molecule has 0 saturated heterocycles. The van der Waals surface area contributed by atoms with E-state index in [1.165, 1.54) is 120 Å². The minimum atomic E-state index is -0.154. The summed E-state index contributed by atoms with van der Waals surface area (Å²) in [6.45, 7) is 26.9. The minimum Gasteiger partial charge on any atom is -0.311 e. The zero-order valence-electron chi connectivity index (χ0n) is 44.3.